The smallest absolute Gasteiger partial charge is 0.310 e. The highest BCUT2D eigenvalue weighted by atomic mass is 19.2. The van der Waals surface area contributed by atoms with Crippen molar-refractivity contribution in [1.29, 1.82) is 0 Å². The second kappa shape index (κ2) is 5.25. The van der Waals surface area contributed by atoms with Gasteiger partial charge < -0.3 is 10.0 Å². The van der Waals surface area contributed by atoms with Crippen LogP contribution in [0.2, 0.25) is 0 Å². The van der Waals surface area contributed by atoms with E-state index in [1.807, 2.05) is 4.90 Å². The van der Waals surface area contributed by atoms with Gasteiger partial charge in [-0.15, -0.1) is 0 Å². The number of hydrogen-bond donors (Lipinski definition) is 1. The van der Waals surface area contributed by atoms with Gasteiger partial charge in [0.05, 0.1) is 5.41 Å². The summed E-state index contributed by atoms with van der Waals surface area (Å²) in [5, 5.41) is 9.24. The molecule has 1 N–H and O–H groups in total. The van der Waals surface area contributed by atoms with E-state index in [0.717, 1.165) is 18.6 Å². The summed E-state index contributed by atoms with van der Waals surface area (Å²) in [6.07, 6.45) is 2.31. The molecular weight excluding hydrogens is 252 g/mol. The summed E-state index contributed by atoms with van der Waals surface area (Å²) in [4.78, 5) is 13.1. The van der Waals surface area contributed by atoms with Gasteiger partial charge in [-0.1, -0.05) is 12.5 Å². The van der Waals surface area contributed by atoms with Crippen molar-refractivity contribution in [2.45, 2.75) is 25.8 Å². The summed E-state index contributed by atoms with van der Waals surface area (Å²) < 4.78 is 25.9. The first-order valence-electron chi connectivity index (χ1n) is 6.29. The van der Waals surface area contributed by atoms with Gasteiger partial charge in [-0.25, -0.2) is 8.78 Å². The van der Waals surface area contributed by atoms with Gasteiger partial charge in [0.15, 0.2) is 11.6 Å². The monoisotopic (exact) mass is 269 g/mol. The van der Waals surface area contributed by atoms with Crippen molar-refractivity contribution >= 4 is 5.97 Å². The summed E-state index contributed by atoms with van der Waals surface area (Å²) in [5.41, 5.74) is -0.0193. The van der Waals surface area contributed by atoms with Crippen LogP contribution in [0.3, 0.4) is 0 Å². The molecule has 1 aliphatic rings. The van der Waals surface area contributed by atoms with E-state index in [9.17, 15) is 18.7 Å². The second-order valence-corrected chi connectivity index (χ2v) is 5.36. The average Bonchev–Trinajstić information content (AvgIpc) is 2.28. The Morgan fingerprint density at radius 1 is 1.37 bits per heavy atom. The fourth-order valence-electron chi connectivity index (χ4n) is 2.57. The Hall–Kier alpha value is -1.49. The van der Waals surface area contributed by atoms with Crippen LogP contribution >= 0.6 is 0 Å². The SMILES string of the molecule is CN(Cc1ccc(F)c(F)c1)CC1(C(=O)O)CCC1. The molecule has 0 heterocycles. The minimum Gasteiger partial charge on any atom is -0.481 e. The second-order valence-electron chi connectivity index (χ2n) is 5.36. The fourth-order valence-corrected chi connectivity index (χ4v) is 2.57. The molecule has 2 rings (SSSR count). The first kappa shape index (κ1) is 13.9. The summed E-state index contributed by atoms with van der Waals surface area (Å²) in [6.45, 7) is 0.841. The van der Waals surface area contributed by atoms with E-state index in [4.69, 9.17) is 0 Å². The van der Waals surface area contributed by atoms with Crippen molar-refractivity contribution in [3.05, 3.63) is 35.4 Å². The van der Waals surface area contributed by atoms with Crippen LogP contribution in [0.25, 0.3) is 0 Å². The molecule has 104 valence electrons. The predicted octanol–water partition coefficient (Wildman–Crippen LogP) is 2.65. The van der Waals surface area contributed by atoms with Crippen LogP contribution in [0, 0.1) is 17.0 Å². The first-order valence-corrected chi connectivity index (χ1v) is 6.29. The molecule has 5 heteroatoms. The zero-order valence-electron chi connectivity index (χ0n) is 10.8. The zero-order valence-corrected chi connectivity index (χ0v) is 10.8. The summed E-state index contributed by atoms with van der Waals surface area (Å²) in [6, 6.07) is 3.76. The molecule has 0 bridgehead atoms. The molecule has 3 nitrogen and oxygen atoms in total. The molecule has 1 aromatic carbocycles. The summed E-state index contributed by atoms with van der Waals surface area (Å²) in [7, 11) is 1.80. The van der Waals surface area contributed by atoms with Gasteiger partial charge in [0, 0.05) is 13.1 Å². The molecule has 0 atom stereocenters. The van der Waals surface area contributed by atoms with E-state index in [-0.39, 0.29) is 0 Å². The zero-order chi connectivity index (χ0) is 14.0. The highest BCUT2D eigenvalue weighted by Crippen LogP contribution is 2.41. The number of hydrogen-bond acceptors (Lipinski definition) is 2. The van der Waals surface area contributed by atoms with Gasteiger partial charge in [0.25, 0.3) is 0 Å². The van der Waals surface area contributed by atoms with E-state index in [1.54, 1.807) is 7.05 Å². The van der Waals surface area contributed by atoms with Crippen molar-refractivity contribution < 1.29 is 18.7 Å². The quantitative estimate of drug-likeness (QED) is 0.893. The van der Waals surface area contributed by atoms with Crippen LogP contribution in [0.5, 0.6) is 0 Å². The maximum Gasteiger partial charge on any atom is 0.310 e. The highest BCUT2D eigenvalue weighted by Gasteiger charge is 2.44. The molecule has 19 heavy (non-hydrogen) atoms. The van der Waals surface area contributed by atoms with E-state index in [1.165, 1.54) is 6.07 Å². The molecule has 0 saturated heterocycles. The minimum atomic E-state index is -0.873. The third kappa shape index (κ3) is 2.92. The largest absolute Gasteiger partial charge is 0.481 e. The van der Waals surface area contributed by atoms with E-state index in [2.05, 4.69) is 0 Å². The van der Waals surface area contributed by atoms with Crippen molar-refractivity contribution in [3.63, 3.8) is 0 Å². The van der Waals surface area contributed by atoms with Crippen LogP contribution in [-0.2, 0) is 11.3 Å². The number of rotatable bonds is 5. The van der Waals surface area contributed by atoms with Gasteiger partial charge in [0.1, 0.15) is 0 Å². The van der Waals surface area contributed by atoms with Gasteiger partial charge in [-0.05, 0) is 37.6 Å². The average molecular weight is 269 g/mol. The molecular formula is C14H17F2NO2. The molecule has 0 amide bonds. The lowest BCUT2D eigenvalue weighted by atomic mass is 9.68. The first-order chi connectivity index (χ1) is 8.93. The number of carboxylic acid groups (broad SMARTS) is 1. The van der Waals surface area contributed by atoms with Crippen LogP contribution in [0.4, 0.5) is 8.78 Å². The third-order valence-electron chi connectivity index (χ3n) is 3.77. The molecule has 1 saturated carbocycles. The van der Waals surface area contributed by atoms with Gasteiger partial charge >= 0.3 is 5.97 Å². The van der Waals surface area contributed by atoms with E-state index >= 15 is 0 Å². The normalized spacial score (nSPS) is 17.3. The lowest BCUT2D eigenvalue weighted by Gasteiger charge is -2.40. The lowest BCUT2D eigenvalue weighted by molar-refractivity contribution is -0.156. The molecule has 1 fully saturated rings. The highest BCUT2D eigenvalue weighted by molar-refractivity contribution is 5.76. The van der Waals surface area contributed by atoms with Gasteiger partial charge in [-0.3, -0.25) is 4.79 Å². The number of benzene rings is 1. The minimum absolute atomic E-state index is 0.409. The van der Waals surface area contributed by atoms with Crippen molar-refractivity contribution in [3.8, 4) is 0 Å². The lowest BCUT2D eigenvalue weighted by Crippen LogP contribution is -2.46. The number of aliphatic carboxylic acids is 1. The Kier molecular flexibility index (Phi) is 3.85. The van der Waals surface area contributed by atoms with E-state index < -0.39 is 23.0 Å². The van der Waals surface area contributed by atoms with Crippen LogP contribution in [-0.4, -0.2) is 29.6 Å². The Labute approximate surface area is 110 Å². The van der Waals surface area contributed by atoms with Crippen LogP contribution in [0.15, 0.2) is 18.2 Å². The van der Waals surface area contributed by atoms with Crippen LogP contribution in [0.1, 0.15) is 24.8 Å². The maximum atomic E-state index is 13.1. The predicted molar refractivity (Wildman–Crippen MR) is 66.6 cm³/mol. The Morgan fingerprint density at radius 3 is 2.53 bits per heavy atom. The summed E-state index contributed by atoms with van der Waals surface area (Å²) >= 11 is 0. The third-order valence-corrected chi connectivity index (χ3v) is 3.77. The maximum absolute atomic E-state index is 13.1. The van der Waals surface area contributed by atoms with Gasteiger partial charge in [0.2, 0.25) is 0 Å². The number of carbonyl (C=O) groups is 1. The molecule has 0 spiro atoms. The molecule has 0 aliphatic heterocycles. The summed E-state index contributed by atoms with van der Waals surface area (Å²) in [5.74, 6) is -2.51. The molecule has 0 unspecified atom stereocenters. The van der Waals surface area contributed by atoms with Crippen molar-refractivity contribution in [2.75, 3.05) is 13.6 Å². The standard InChI is InChI=1S/C14H17F2NO2/c1-17(9-14(13(18)19)5-2-6-14)8-10-3-4-11(15)12(16)7-10/h3-4,7H,2,5-6,8-9H2,1H3,(H,18,19). The number of nitrogens with zero attached hydrogens (tertiary/aromatic N) is 1. The Balaban J connectivity index is 1.99. The molecule has 0 radical (unpaired) electrons. The topological polar surface area (TPSA) is 40.5 Å². The Bertz CT molecular complexity index is 486. The fraction of sp³-hybridized carbons (Fsp3) is 0.500. The Morgan fingerprint density at radius 2 is 2.05 bits per heavy atom. The number of carboxylic acids is 1. The molecule has 0 aromatic heterocycles. The molecule has 1 aromatic rings. The number of halogens is 2. The van der Waals surface area contributed by atoms with E-state index in [0.29, 0.717) is 31.5 Å². The van der Waals surface area contributed by atoms with Crippen molar-refractivity contribution in [2.24, 2.45) is 5.41 Å². The van der Waals surface area contributed by atoms with Gasteiger partial charge in [-0.2, -0.15) is 0 Å². The molecule has 1 aliphatic carbocycles. The van der Waals surface area contributed by atoms with Crippen LogP contribution < -0.4 is 0 Å². The van der Waals surface area contributed by atoms with Crippen molar-refractivity contribution in [1.82, 2.24) is 4.90 Å².